The molecule has 0 aliphatic carbocycles. The second-order valence-electron chi connectivity index (χ2n) is 3.80. The first-order valence-electron chi connectivity index (χ1n) is 4.92. The third-order valence-electron chi connectivity index (χ3n) is 1.94. The lowest BCUT2D eigenvalue weighted by atomic mass is 10.1. The van der Waals surface area contributed by atoms with Crippen molar-refractivity contribution in [3.05, 3.63) is 28.2 Å². The van der Waals surface area contributed by atoms with Gasteiger partial charge in [0.1, 0.15) is 5.75 Å². The molecule has 0 amide bonds. The van der Waals surface area contributed by atoms with E-state index < -0.39 is 12.3 Å². The molecule has 1 unspecified atom stereocenters. The third-order valence-corrected chi connectivity index (χ3v) is 2.56. The van der Waals surface area contributed by atoms with Crippen LogP contribution in [-0.4, -0.2) is 17.4 Å². The normalized spacial score (nSPS) is 13.9. The fraction of sp³-hybridized carbons (Fsp3) is 0.455. The van der Waals surface area contributed by atoms with E-state index in [1.165, 1.54) is 18.2 Å². The zero-order valence-corrected chi connectivity index (χ0v) is 10.8. The summed E-state index contributed by atoms with van der Waals surface area (Å²) in [6.07, 6.45) is -7.23. The number of hydrogen-bond acceptors (Lipinski definition) is 2. The molecule has 0 bridgehead atoms. The van der Waals surface area contributed by atoms with Crippen molar-refractivity contribution in [3.8, 4) is 5.75 Å². The summed E-state index contributed by atoms with van der Waals surface area (Å²) in [6, 6.07) is 3.80. The molecule has 0 aliphatic rings. The number of aliphatic hydroxyl groups excluding tert-OH is 1. The van der Waals surface area contributed by atoms with Crippen LogP contribution in [-0.2, 0) is 0 Å². The molecular formula is C11H12BrF3O2. The molecular weight excluding hydrogens is 301 g/mol. The first-order valence-corrected chi connectivity index (χ1v) is 5.72. The molecule has 2 nitrogen and oxygen atoms in total. The molecule has 0 saturated carbocycles. The van der Waals surface area contributed by atoms with Crippen molar-refractivity contribution in [2.45, 2.75) is 32.2 Å². The number of benzene rings is 1. The van der Waals surface area contributed by atoms with Gasteiger partial charge in [-0.2, -0.15) is 13.2 Å². The molecule has 1 N–H and O–H groups in total. The fourth-order valence-corrected chi connectivity index (χ4v) is 1.72. The van der Waals surface area contributed by atoms with Crippen molar-refractivity contribution < 1.29 is 23.0 Å². The summed E-state index contributed by atoms with van der Waals surface area (Å²) >= 11 is 3.11. The predicted molar refractivity (Wildman–Crippen MR) is 60.9 cm³/mol. The molecule has 0 spiro atoms. The van der Waals surface area contributed by atoms with Gasteiger partial charge < -0.3 is 9.84 Å². The summed E-state index contributed by atoms with van der Waals surface area (Å²) in [7, 11) is 0. The van der Waals surface area contributed by atoms with Gasteiger partial charge >= 0.3 is 6.18 Å². The first-order chi connectivity index (χ1) is 7.71. The summed E-state index contributed by atoms with van der Waals surface area (Å²) in [4.78, 5) is 0. The second kappa shape index (κ2) is 5.27. The monoisotopic (exact) mass is 312 g/mol. The molecule has 0 aromatic heterocycles. The number of ether oxygens (including phenoxy) is 1. The van der Waals surface area contributed by atoms with Gasteiger partial charge in [0.05, 0.1) is 10.6 Å². The lowest BCUT2D eigenvalue weighted by Gasteiger charge is -2.17. The average molecular weight is 313 g/mol. The highest BCUT2D eigenvalue weighted by Crippen LogP contribution is 2.36. The van der Waals surface area contributed by atoms with Gasteiger partial charge in [-0.05, 0) is 47.5 Å². The maximum absolute atomic E-state index is 12.3. The van der Waals surface area contributed by atoms with Gasteiger partial charge in [0.15, 0.2) is 6.10 Å². The van der Waals surface area contributed by atoms with Crippen molar-refractivity contribution in [2.24, 2.45) is 0 Å². The standard InChI is InChI=1S/C11H12BrF3O2/c1-6(2)17-9-4-3-7(5-8(9)12)10(16)11(13,14)15/h3-6,10,16H,1-2H3. The Morgan fingerprint density at radius 3 is 2.29 bits per heavy atom. The largest absolute Gasteiger partial charge is 0.490 e. The van der Waals surface area contributed by atoms with Crippen LogP contribution in [0.4, 0.5) is 13.2 Å². The smallest absolute Gasteiger partial charge is 0.418 e. The summed E-state index contributed by atoms with van der Waals surface area (Å²) < 4.78 is 42.6. The van der Waals surface area contributed by atoms with E-state index in [1.807, 2.05) is 13.8 Å². The van der Waals surface area contributed by atoms with Gasteiger partial charge in [-0.1, -0.05) is 6.07 Å². The molecule has 0 radical (unpaired) electrons. The van der Waals surface area contributed by atoms with Gasteiger partial charge in [-0.3, -0.25) is 0 Å². The molecule has 1 aromatic rings. The highest BCUT2D eigenvalue weighted by atomic mass is 79.9. The van der Waals surface area contributed by atoms with Crippen LogP contribution in [0.5, 0.6) is 5.75 Å². The number of alkyl halides is 3. The second-order valence-corrected chi connectivity index (χ2v) is 4.65. The van der Waals surface area contributed by atoms with Crippen LogP contribution < -0.4 is 4.74 Å². The van der Waals surface area contributed by atoms with Crippen molar-refractivity contribution in [2.75, 3.05) is 0 Å². The van der Waals surface area contributed by atoms with Crippen molar-refractivity contribution in [1.82, 2.24) is 0 Å². The summed E-state index contributed by atoms with van der Waals surface area (Å²) in [5.41, 5.74) is -0.222. The Balaban J connectivity index is 2.96. The lowest BCUT2D eigenvalue weighted by Crippen LogP contribution is -2.20. The Kier molecular flexibility index (Phi) is 4.43. The molecule has 0 fully saturated rings. The van der Waals surface area contributed by atoms with Crippen LogP contribution in [0, 0.1) is 0 Å². The summed E-state index contributed by atoms with van der Waals surface area (Å²) in [5.74, 6) is 0.443. The molecule has 1 rings (SSSR count). The van der Waals surface area contributed by atoms with Gasteiger partial charge in [-0.15, -0.1) is 0 Å². The fourth-order valence-electron chi connectivity index (χ4n) is 1.23. The minimum absolute atomic E-state index is 0.0790. The van der Waals surface area contributed by atoms with Crippen LogP contribution in [0.3, 0.4) is 0 Å². The van der Waals surface area contributed by atoms with Crippen LogP contribution >= 0.6 is 15.9 Å². The molecule has 96 valence electrons. The number of rotatable bonds is 3. The average Bonchev–Trinajstić information content (AvgIpc) is 2.18. The van der Waals surface area contributed by atoms with Crippen molar-refractivity contribution in [1.29, 1.82) is 0 Å². The van der Waals surface area contributed by atoms with Crippen LogP contribution in [0.25, 0.3) is 0 Å². The molecule has 0 saturated heterocycles. The van der Waals surface area contributed by atoms with E-state index in [1.54, 1.807) is 0 Å². The van der Waals surface area contributed by atoms with Gasteiger partial charge in [-0.25, -0.2) is 0 Å². The van der Waals surface area contributed by atoms with Crippen LogP contribution in [0.15, 0.2) is 22.7 Å². The Bertz CT molecular complexity index is 391. The molecule has 6 heteroatoms. The zero-order chi connectivity index (χ0) is 13.2. The van der Waals surface area contributed by atoms with Crippen molar-refractivity contribution >= 4 is 15.9 Å². The summed E-state index contributed by atoms with van der Waals surface area (Å²) in [6.45, 7) is 3.62. The Morgan fingerprint density at radius 2 is 1.88 bits per heavy atom. The van der Waals surface area contributed by atoms with E-state index in [0.29, 0.717) is 10.2 Å². The highest BCUT2D eigenvalue weighted by Gasteiger charge is 2.39. The third kappa shape index (κ3) is 3.89. The first kappa shape index (κ1) is 14.3. The zero-order valence-electron chi connectivity index (χ0n) is 9.25. The van der Waals surface area contributed by atoms with Crippen LogP contribution in [0.1, 0.15) is 25.5 Å². The molecule has 0 heterocycles. The molecule has 1 aromatic carbocycles. The van der Waals surface area contributed by atoms with Gasteiger partial charge in [0.2, 0.25) is 0 Å². The Labute approximate surface area is 106 Å². The predicted octanol–water partition coefficient (Wildman–Crippen LogP) is 3.83. The van der Waals surface area contributed by atoms with E-state index >= 15 is 0 Å². The highest BCUT2D eigenvalue weighted by molar-refractivity contribution is 9.10. The quantitative estimate of drug-likeness (QED) is 0.919. The topological polar surface area (TPSA) is 29.5 Å². The molecule has 17 heavy (non-hydrogen) atoms. The number of hydrogen-bond donors (Lipinski definition) is 1. The number of halogens is 4. The maximum atomic E-state index is 12.3. The van der Waals surface area contributed by atoms with Gasteiger partial charge in [0, 0.05) is 0 Å². The lowest BCUT2D eigenvalue weighted by molar-refractivity contribution is -0.206. The SMILES string of the molecule is CC(C)Oc1ccc(C(O)C(F)(F)F)cc1Br. The van der Waals surface area contributed by atoms with Gasteiger partial charge in [0.25, 0.3) is 0 Å². The summed E-state index contributed by atoms with van der Waals surface area (Å²) in [5, 5.41) is 9.07. The maximum Gasteiger partial charge on any atom is 0.418 e. The van der Waals surface area contributed by atoms with E-state index in [4.69, 9.17) is 9.84 Å². The van der Waals surface area contributed by atoms with Crippen molar-refractivity contribution in [3.63, 3.8) is 0 Å². The van der Waals surface area contributed by atoms with Crippen LogP contribution in [0.2, 0.25) is 0 Å². The van der Waals surface area contributed by atoms with E-state index in [-0.39, 0.29) is 11.7 Å². The van der Waals surface area contributed by atoms with E-state index in [2.05, 4.69) is 15.9 Å². The van der Waals surface area contributed by atoms with E-state index in [0.717, 1.165) is 0 Å². The van der Waals surface area contributed by atoms with E-state index in [9.17, 15) is 13.2 Å². The minimum Gasteiger partial charge on any atom is -0.490 e. The Hall–Kier alpha value is -0.750. The Morgan fingerprint density at radius 1 is 1.29 bits per heavy atom. The minimum atomic E-state index is -4.67. The molecule has 0 aliphatic heterocycles. The molecule has 1 atom stereocenters. The number of aliphatic hydroxyl groups is 1.